The van der Waals surface area contributed by atoms with E-state index < -0.39 is 0 Å². The Bertz CT molecular complexity index is 294. The van der Waals surface area contributed by atoms with E-state index in [0.29, 0.717) is 5.92 Å². The fourth-order valence-corrected chi connectivity index (χ4v) is 3.23. The topological polar surface area (TPSA) is 33.4 Å². The maximum atomic E-state index is 10.0. The van der Waals surface area contributed by atoms with Crippen molar-refractivity contribution >= 4 is 0 Å². The lowest BCUT2D eigenvalue weighted by Crippen LogP contribution is -2.15. The summed E-state index contributed by atoms with van der Waals surface area (Å²) in [6.07, 6.45) is 8.12. The zero-order valence-electron chi connectivity index (χ0n) is 8.23. The highest BCUT2D eigenvalue weighted by Crippen LogP contribution is 2.59. The highest BCUT2D eigenvalue weighted by Gasteiger charge is 2.55. The predicted molar refractivity (Wildman–Crippen MR) is 52.7 cm³/mol. The molecule has 0 bridgehead atoms. The zero-order chi connectivity index (χ0) is 9.54. The molecule has 76 valence electrons. The average Bonchev–Trinajstić information content (AvgIpc) is 2.63. The van der Waals surface area contributed by atoms with Gasteiger partial charge < -0.3 is 9.52 Å². The third-order valence-electron chi connectivity index (χ3n) is 3.94. The summed E-state index contributed by atoms with van der Waals surface area (Å²) in [7, 11) is 0. The van der Waals surface area contributed by atoms with Crippen LogP contribution in [0.1, 0.15) is 24.8 Å². The second-order valence-corrected chi connectivity index (χ2v) is 4.74. The van der Waals surface area contributed by atoms with Crippen molar-refractivity contribution in [2.75, 3.05) is 0 Å². The van der Waals surface area contributed by atoms with E-state index >= 15 is 0 Å². The van der Waals surface area contributed by atoms with Gasteiger partial charge in [-0.15, -0.1) is 0 Å². The highest BCUT2D eigenvalue weighted by atomic mass is 16.3. The van der Waals surface area contributed by atoms with Crippen LogP contribution in [0.25, 0.3) is 0 Å². The van der Waals surface area contributed by atoms with Crippen LogP contribution >= 0.6 is 0 Å². The summed E-state index contributed by atoms with van der Waals surface area (Å²) in [5.74, 6) is 2.28. The number of hydrogen-bond acceptors (Lipinski definition) is 2. The number of hydrogen-bond donors (Lipinski definition) is 1. The van der Waals surface area contributed by atoms with Crippen molar-refractivity contribution in [2.24, 2.45) is 17.8 Å². The van der Waals surface area contributed by atoms with Crippen LogP contribution in [-0.2, 0) is 6.42 Å². The third-order valence-corrected chi connectivity index (χ3v) is 3.94. The summed E-state index contributed by atoms with van der Waals surface area (Å²) >= 11 is 0. The molecule has 14 heavy (non-hydrogen) atoms. The monoisotopic (exact) mass is 192 g/mol. The number of aliphatic hydroxyl groups excluding tert-OH is 1. The second-order valence-electron chi connectivity index (χ2n) is 4.74. The first-order chi connectivity index (χ1) is 6.86. The largest absolute Gasteiger partial charge is 0.472 e. The van der Waals surface area contributed by atoms with E-state index in [1.165, 1.54) is 19.3 Å². The smallest absolute Gasteiger partial charge is 0.0935 e. The Kier molecular flexibility index (Phi) is 1.91. The van der Waals surface area contributed by atoms with E-state index in [2.05, 4.69) is 0 Å². The van der Waals surface area contributed by atoms with Crippen LogP contribution in [0, 0.1) is 17.8 Å². The van der Waals surface area contributed by atoms with Gasteiger partial charge in [-0.05, 0) is 42.2 Å². The SMILES string of the molecule is OC(Cc1ccoc1)C1C2CCCC21. The molecule has 2 saturated carbocycles. The standard InChI is InChI=1S/C12H16O2/c13-11(6-8-4-5-14-7-8)12-9-2-1-3-10(9)12/h4-5,7,9-13H,1-3,6H2. The van der Waals surface area contributed by atoms with Crippen LogP contribution in [0.5, 0.6) is 0 Å². The van der Waals surface area contributed by atoms with Crippen LogP contribution in [0.15, 0.2) is 23.0 Å². The minimum absolute atomic E-state index is 0.136. The van der Waals surface area contributed by atoms with Gasteiger partial charge in [0.05, 0.1) is 18.6 Å². The molecule has 2 heteroatoms. The minimum Gasteiger partial charge on any atom is -0.472 e. The molecule has 0 saturated heterocycles. The van der Waals surface area contributed by atoms with Gasteiger partial charge in [-0.1, -0.05) is 6.42 Å². The van der Waals surface area contributed by atoms with Gasteiger partial charge in [0.2, 0.25) is 0 Å². The molecule has 2 aliphatic carbocycles. The summed E-state index contributed by atoms with van der Waals surface area (Å²) < 4.78 is 5.00. The van der Waals surface area contributed by atoms with Crippen molar-refractivity contribution in [3.8, 4) is 0 Å². The van der Waals surface area contributed by atoms with Crippen LogP contribution < -0.4 is 0 Å². The lowest BCUT2D eigenvalue weighted by atomic mass is 10.0. The molecule has 3 rings (SSSR count). The molecule has 1 heterocycles. The van der Waals surface area contributed by atoms with Crippen molar-refractivity contribution in [2.45, 2.75) is 31.8 Å². The van der Waals surface area contributed by atoms with Gasteiger partial charge in [-0.25, -0.2) is 0 Å². The van der Waals surface area contributed by atoms with Gasteiger partial charge in [0.1, 0.15) is 0 Å². The second kappa shape index (κ2) is 3.13. The van der Waals surface area contributed by atoms with Crippen LogP contribution in [0.3, 0.4) is 0 Å². The molecule has 1 aromatic heterocycles. The van der Waals surface area contributed by atoms with Crippen molar-refractivity contribution in [1.29, 1.82) is 0 Å². The number of furan rings is 1. The van der Waals surface area contributed by atoms with Gasteiger partial charge >= 0.3 is 0 Å². The molecular formula is C12H16O2. The molecule has 0 amide bonds. The first-order valence-corrected chi connectivity index (χ1v) is 5.55. The van der Waals surface area contributed by atoms with E-state index in [1.807, 2.05) is 6.07 Å². The quantitative estimate of drug-likeness (QED) is 0.796. The Morgan fingerprint density at radius 1 is 1.43 bits per heavy atom. The minimum atomic E-state index is -0.136. The molecule has 2 aliphatic rings. The van der Waals surface area contributed by atoms with E-state index in [0.717, 1.165) is 23.8 Å². The zero-order valence-corrected chi connectivity index (χ0v) is 8.23. The predicted octanol–water partition coefficient (Wildman–Crippen LogP) is 2.23. The molecule has 3 atom stereocenters. The summed E-state index contributed by atoms with van der Waals surface area (Å²) in [5.41, 5.74) is 1.13. The first-order valence-electron chi connectivity index (χ1n) is 5.55. The lowest BCUT2D eigenvalue weighted by molar-refractivity contribution is 0.135. The molecule has 2 nitrogen and oxygen atoms in total. The fourth-order valence-electron chi connectivity index (χ4n) is 3.23. The Morgan fingerprint density at radius 2 is 2.21 bits per heavy atom. The van der Waals surface area contributed by atoms with E-state index in [-0.39, 0.29) is 6.10 Å². The normalized spacial score (nSPS) is 36.8. The highest BCUT2D eigenvalue weighted by molar-refractivity contribution is 5.11. The van der Waals surface area contributed by atoms with E-state index in [4.69, 9.17) is 4.42 Å². The van der Waals surface area contributed by atoms with Crippen molar-refractivity contribution in [1.82, 2.24) is 0 Å². The first kappa shape index (κ1) is 8.54. The third kappa shape index (κ3) is 1.29. The number of aliphatic hydroxyl groups is 1. The van der Waals surface area contributed by atoms with Crippen molar-refractivity contribution in [3.05, 3.63) is 24.2 Å². The molecule has 0 aromatic carbocycles. The van der Waals surface area contributed by atoms with E-state index in [1.54, 1.807) is 12.5 Å². The maximum absolute atomic E-state index is 10.0. The Labute approximate surface area is 83.9 Å². The van der Waals surface area contributed by atoms with Gasteiger partial charge in [-0.2, -0.15) is 0 Å². The maximum Gasteiger partial charge on any atom is 0.0935 e. The Morgan fingerprint density at radius 3 is 2.86 bits per heavy atom. The summed E-state index contributed by atoms with van der Waals surface area (Å²) in [4.78, 5) is 0. The fraction of sp³-hybridized carbons (Fsp3) is 0.667. The Balaban J connectivity index is 1.59. The van der Waals surface area contributed by atoms with Gasteiger partial charge in [0, 0.05) is 6.42 Å². The molecule has 0 aliphatic heterocycles. The molecule has 1 aromatic rings. The molecule has 3 unspecified atom stereocenters. The lowest BCUT2D eigenvalue weighted by Gasteiger charge is -2.10. The molecule has 0 spiro atoms. The van der Waals surface area contributed by atoms with Crippen LogP contribution in [0.2, 0.25) is 0 Å². The van der Waals surface area contributed by atoms with Crippen molar-refractivity contribution < 1.29 is 9.52 Å². The number of fused-ring (bicyclic) bond motifs is 1. The summed E-state index contributed by atoms with van der Waals surface area (Å²) in [6, 6.07) is 1.95. The van der Waals surface area contributed by atoms with Gasteiger partial charge in [0.15, 0.2) is 0 Å². The van der Waals surface area contributed by atoms with E-state index in [9.17, 15) is 5.11 Å². The van der Waals surface area contributed by atoms with Crippen LogP contribution in [-0.4, -0.2) is 11.2 Å². The molecule has 2 fully saturated rings. The summed E-state index contributed by atoms with van der Waals surface area (Å²) in [5, 5.41) is 10.0. The van der Waals surface area contributed by atoms with Crippen LogP contribution in [0.4, 0.5) is 0 Å². The van der Waals surface area contributed by atoms with Crippen molar-refractivity contribution in [3.63, 3.8) is 0 Å². The Hall–Kier alpha value is -0.760. The van der Waals surface area contributed by atoms with Gasteiger partial charge in [-0.3, -0.25) is 0 Å². The summed E-state index contributed by atoms with van der Waals surface area (Å²) in [6.45, 7) is 0. The van der Waals surface area contributed by atoms with Gasteiger partial charge in [0.25, 0.3) is 0 Å². The molecular weight excluding hydrogens is 176 g/mol. The molecule has 1 N–H and O–H groups in total. The average molecular weight is 192 g/mol. The molecule has 0 radical (unpaired) electrons. The number of rotatable bonds is 3.